The number of nitrogens with zero attached hydrogens (tertiary/aromatic N) is 1. The standard InChI is InChI=1S/C19H22N2O3S/c1-15-10-12-17(13-11-15)25(23,24)21-14-6-5-9-18(21)19(22)20-16-7-3-2-4-8-16/h2-4,7-8,10-13,18H,5-6,9,14H2,1H3,(H,20,22)/t18-/m1/s1. The molecule has 132 valence electrons. The monoisotopic (exact) mass is 358 g/mol. The van der Waals surface area contributed by atoms with Gasteiger partial charge in [-0.15, -0.1) is 0 Å². The van der Waals surface area contributed by atoms with Crippen molar-refractivity contribution >= 4 is 21.6 Å². The van der Waals surface area contributed by atoms with Crippen LogP contribution in [0.2, 0.25) is 0 Å². The number of piperidine rings is 1. The minimum Gasteiger partial charge on any atom is -0.325 e. The second-order valence-electron chi connectivity index (χ2n) is 6.30. The van der Waals surface area contributed by atoms with Gasteiger partial charge in [0.05, 0.1) is 4.90 Å². The Kier molecular flexibility index (Phi) is 5.20. The number of amides is 1. The number of sulfonamides is 1. The van der Waals surface area contributed by atoms with Crippen molar-refractivity contribution in [3.8, 4) is 0 Å². The summed E-state index contributed by atoms with van der Waals surface area (Å²) in [6, 6.07) is 15.2. The summed E-state index contributed by atoms with van der Waals surface area (Å²) in [5.41, 5.74) is 1.67. The van der Waals surface area contributed by atoms with Crippen molar-refractivity contribution in [3.63, 3.8) is 0 Å². The van der Waals surface area contributed by atoms with Crippen LogP contribution < -0.4 is 5.32 Å². The van der Waals surface area contributed by atoms with Crippen LogP contribution in [0.3, 0.4) is 0 Å². The summed E-state index contributed by atoms with van der Waals surface area (Å²) in [6.07, 6.45) is 2.14. The van der Waals surface area contributed by atoms with Crippen LogP contribution in [-0.4, -0.2) is 31.2 Å². The molecule has 0 bridgehead atoms. The molecule has 25 heavy (non-hydrogen) atoms. The minimum absolute atomic E-state index is 0.234. The van der Waals surface area contributed by atoms with E-state index < -0.39 is 16.1 Å². The average molecular weight is 358 g/mol. The smallest absolute Gasteiger partial charge is 0.243 e. The molecular formula is C19H22N2O3S. The first kappa shape index (κ1) is 17.6. The second kappa shape index (κ2) is 7.37. The largest absolute Gasteiger partial charge is 0.325 e. The molecule has 5 nitrogen and oxygen atoms in total. The minimum atomic E-state index is -3.69. The number of hydrogen-bond donors (Lipinski definition) is 1. The number of hydrogen-bond acceptors (Lipinski definition) is 3. The Morgan fingerprint density at radius 1 is 1.04 bits per heavy atom. The predicted octanol–water partition coefficient (Wildman–Crippen LogP) is 3.18. The van der Waals surface area contributed by atoms with Crippen LogP contribution in [0.15, 0.2) is 59.5 Å². The van der Waals surface area contributed by atoms with Crippen molar-refractivity contribution in [1.29, 1.82) is 0 Å². The van der Waals surface area contributed by atoms with E-state index in [4.69, 9.17) is 0 Å². The van der Waals surface area contributed by atoms with Crippen molar-refractivity contribution in [3.05, 3.63) is 60.2 Å². The van der Waals surface area contributed by atoms with E-state index in [1.165, 1.54) is 4.31 Å². The van der Waals surface area contributed by atoms with Crippen LogP contribution in [0.5, 0.6) is 0 Å². The zero-order valence-electron chi connectivity index (χ0n) is 14.2. The summed E-state index contributed by atoms with van der Waals surface area (Å²) in [6.45, 7) is 2.27. The number of anilines is 1. The Bertz CT molecular complexity index is 833. The highest BCUT2D eigenvalue weighted by molar-refractivity contribution is 7.89. The molecule has 1 N–H and O–H groups in total. The number of aryl methyl sites for hydroxylation is 1. The van der Waals surface area contributed by atoms with Crippen LogP contribution in [0.25, 0.3) is 0 Å². The Morgan fingerprint density at radius 3 is 2.40 bits per heavy atom. The first-order valence-electron chi connectivity index (χ1n) is 8.43. The summed E-state index contributed by atoms with van der Waals surface area (Å²) < 4.78 is 27.4. The summed E-state index contributed by atoms with van der Waals surface area (Å²) in [5.74, 6) is -0.276. The maximum Gasteiger partial charge on any atom is 0.243 e. The van der Waals surface area contributed by atoms with Gasteiger partial charge in [0, 0.05) is 12.2 Å². The molecule has 2 aromatic rings. The van der Waals surface area contributed by atoms with Crippen LogP contribution in [0.4, 0.5) is 5.69 Å². The van der Waals surface area contributed by atoms with Gasteiger partial charge in [-0.3, -0.25) is 4.79 Å². The van der Waals surface area contributed by atoms with Crippen LogP contribution in [-0.2, 0) is 14.8 Å². The van der Waals surface area contributed by atoms with Gasteiger partial charge >= 0.3 is 0 Å². The predicted molar refractivity (Wildman–Crippen MR) is 97.8 cm³/mol. The fraction of sp³-hybridized carbons (Fsp3) is 0.316. The quantitative estimate of drug-likeness (QED) is 0.913. The number of carbonyl (C=O) groups excluding carboxylic acids is 1. The Morgan fingerprint density at radius 2 is 1.72 bits per heavy atom. The Labute approximate surface area is 148 Å². The van der Waals surface area contributed by atoms with Gasteiger partial charge in [0.2, 0.25) is 15.9 Å². The van der Waals surface area contributed by atoms with E-state index in [0.29, 0.717) is 18.7 Å². The van der Waals surface area contributed by atoms with Crippen LogP contribution in [0.1, 0.15) is 24.8 Å². The zero-order valence-corrected chi connectivity index (χ0v) is 15.0. The average Bonchev–Trinajstić information content (AvgIpc) is 2.63. The first-order chi connectivity index (χ1) is 12.0. The van der Waals surface area contributed by atoms with E-state index in [9.17, 15) is 13.2 Å². The molecule has 1 aliphatic rings. The van der Waals surface area contributed by atoms with E-state index in [2.05, 4.69) is 5.32 Å². The molecule has 1 amide bonds. The van der Waals surface area contributed by atoms with Gasteiger partial charge < -0.3 is 5.32 Å². The SMILES string of the molecule is Cc1ccc(S(=O)(=O)N2CCCC[C@@H]2C(=O)Nc2ccccc2)cc1. The van der Waals surface area contributed by atoms with E-state index in [1.807, 2.05) is 25.1 Å². The van der Waals surface area contributed by atoms with Gasteiger partial charge in [-0.05, 0) is 44.0 Å². The number of rotatable bonds is 4. The number of para-hydroxylation sites is 1. The highest BCUT2D eigenvalue weighted by Crippen LogP contribution is 2.26. The third-order valence-corrected chi connectivity index (χ3v) is 6.35. The summed E-state index contributed by atoms with van der Waals surface area (Å²) in [5, 5.41) is 2.83. The number of carbonyl (C=O) groups is 1. The molecule has 1 atom stereocenters. The zero-order chi connectivity index (χ0) is 17.9. The van der Waals surface area contributed by atoms with Crippen molar-refractivity contribution in [2.45, 2.75) is 37.1 Å². The fourth-order valence-electron chi connectivity index (χ4n) is 3.05. The Hall–Kier alpha value is -2.18. The Balaban J connectivity index is 1.85. The molecule has 1 heterocycles. The number of benzene rings is 2. The second-order valence-corrected chi connectivity index (χ2v) is 8.19. The van der Waals surface area contributed by atoms with Gasteiger partial charge in [0.1, 0.15) is 6.04 Å². The molecule has 0 radical (unpaired) electrons. The van der Waals surface area contributed by atoms with Crippen LogP contribution >= 0.6 is 0 Å². The van der Waals surface area contributed by atoms with Crippen molar-refractivity contribution < 1.29 is 13.2 Å². The van der Waals surface area contributed by atoms with Crippen molar-refractivity contribution in [2.75, 3.05) is 11.9 Å². The van der Waals surface area contributed by atoms with E-state index in [1.54, 1.807) is 36.4 Å². The van der Waals surface area contributed by atoms with Crippen molar-refractivity contribution in [2.24, 2.45) is 0 Å². The fourth-order valence-corrected chi connectivity index (χ4v) is 4.70. The summed E-state index contributed by atoms with van der Waals surface area (Å²) in [4.78, 5) is 12.9. The normalized spacial score (nSPS) is 18.7. The first-order valence-corrected chi connectivity index (χ1v) is 9.87. The van der Waals surface area contributed by atoms with Crippen molar-refractivity contribution in [1.82, 2.24) is 4.31 Å². The third kappa shape index (κ3) is 3.91. The summed E-state index contributed by atoms with van der Waals surface area (Å²) >= 11 is 0. The lowest BCUT2D eigenvalue weighted by Crippen LogP contribution is -2.49. The number of nitrogens with one attached hydrogen (secondary N) is 1. The van der Waals surface area contributed by atoms with Crippen LogP contribution in [0, 0.1) is 6.92 Å². The maximum atomic E-state index is 13.0. The van der Waals surface area contributed by atoms with Gasteiger partial charge in [0.25, 0.3) is 0 Å². The molecule has 1 saturated heterocycles. The lowest BCUT2D eigenvalue weighted by atomic mass is 10.0. The molecule has 0 aliphatic carbocycles. The van der Waals surface area contributed by atoms with E-state index >= 15 is 0 Å². The van der Waals surface area contributed by atoms with Gasteiger partial charge in [-0.1, -0.05) is 42.3 Å². The molecule has 0 unspecified atom stereocenters. The van der Waals surface area contributed by atoms with E-state index in [0.717, 1.165) is 18.4 Å². The molecule has 6 heteroatoms. The maximum absolute atomic E-state index is 13.0. The molecule has 0 spiro atoms. The lowest BCUT2D eigenvalue weighted by molar-refractivity contribution is -0.120. The molecule has 0 saturated carbocycles. The summed E-state index contributed by atoms with van der Waals surface area (Å²) in [7, 11) is -3.69. The van der Waals surface area contributed by atoms with Gasteiger partial charge in [0.15, 0.2) is 0 Å². The van der Waals surface area contributed by atoms with Gasteiger partial charge in [-0.25, -0.2) is 8.42 Å². The molecule has 0 aromatic heterocycles. The highest BCUT2D eigenvalue weighted by atomic mass is 32.2. The highest BCUT2D eigenvalue weighted by Gasteiger charge is 2.37. The third-order valence-electron chi connectivity index (χ3n) is 4.43. The molecule has 3 rings (SSSR count). The molecular weight excluding hydrogens is 336 g/mol. The molecule has 2 aromatic carbocycles. The molecule has 1 aliphatic heterocycles. The van der Waals surface area contributed by atoms with Gasteiger partial charge in [-0.2, -0.15) is 4.31 Å². The topological polar surface area (TPSA) is 66.5 Å². The van der Waals surface area contributed by atoms with E-state index in [-0.39, 0.29) is 10.8 Å². The molecule has 1 fully saturated rings. The lowest BCUT2D eigenvalue weighted by Gasteiger charge is -2.33.